The highest BCUT2D eigenvalue weighted by Gasteiger charge is 2.38. The number of hydrogen-bond acceptors (Lipinski definition) is 2. The lowest BCUT2D eigenvalue weighted by molar-refractivity contribution is -0.131. The standard InChI is InChI=1S/C12H10F2O3/c13-9-2-1-8(5-10(9)14)12(6-17-7-12)4-3-11(15)16/h1-5H,6-7H2,(H,15,16)/b4-3+. The Bertz CT molecular complexity index is 479. The third-order valence-electron chi connectivity index (χ3n) is 2.76. The molecule has 1 N–H and O–H groups in total. The molecule has 1 aromatic rings. The van der Waals surface area contributed by atoms with Gasteiger partial charge in [0.2, 0.25) is 0 Å². The van der Waals surface area contributed by atoms with Gasteiger partial charge < -0.3 is 9.84 Å². The molecule has 0 atom stereocenters. The van der Waals surface area contributed by atoms with Crippen LogP contribution >= 0.6 is 0 Å². The molecular formula is C12H10F2O3. The average Bonchev–Trinajstić information content (AvgIpc) is 2.21. The van der Waals surface area contributed by atoms with Gasteiger partial charge in [-0.15, -0.1) is 0 Å². The van der Waals surface area contributed by atoms with Gasteiger partial charge in [-0.1, -0.05) is 12.1 Å². The number of carboxylic acids is 1. The predicted molar refractivity (Wildman–Crippen MR) is 55.6 cm³/mol. The summed E-state index contributed by atoms with van der Waals surface area (Å²) in [6, 6.07) is 3.54. The average molecular weight is 240 g/mol. The third-order valence-corrected chi connectivity index (χ3v) is 2.76. The summed E-state index contributed by atoms with van der Waals surface area (Å²) in [6.07, 6.45) is 2.44. The van der Waals surface area contributed by atoms with E-state index in [0.29, 0.717) is 5.56 Å². The summed E-state index contributed by atoms with van der Waals surface area (Å²) in [4.78, 5) is 10.5. The first-order valence-electron chi connectivity index (χ1n) is 4.99. The van der Waals surface area contributed by atoms with Crippen LogP contribution in [0.15, 0.2) is 30.4 Å². The molecule has 0 spiro atoms. The lowest BCUT2D eigenvalue weighted by Crippen LogP contribution is -2.45. The van der Waals surface area contributed by atoms with Crippen LogP contribution in [0.25, 0.3) is 0 Å². The second-order valence-electron chi connectivity index (χ2n) is 3.95. The number of carbonyl (C=O) groups is 1. The van der Waals surface area contributed by atoms with Crippen molar-refractivity contribution in [2.45, 2.75) is 5.41 Å². The first-order chi connectivity index (χ1) is 8.03. The third kappa shape index (κ3) is 2.19. The van der Waals surface area contributed by atoms with Crippen molar-refractivity contribution in [3.05, 3.63) is 47.5 Å². The molecule has 2 rings (SSSR count). The summed E-state index contributed by atoms with van der Waals surface area (Å²) < 4.78 is 31.0. The Hall–Kier alpha value is -1.75. The summed E-state index contributed by atoms with van der Waals surface area (Å²) in [5.41, 5.74) is -0.146. The van der Waals surface area contributed by atoms with Crippen LogP contribution in [-0.4, -0.2) is 24.3 Å². The van der Waals surface area contributed by atoms with Gasteiger partial charge in [0.05, 0.1) is 18.6 Å². The van der Waals surface area contributed by atoms with E-state index >= 15 is 0 Å². The highest BCUT2D eigenvalue weighted by Crippen LogP contribution is 2.34. The Labute approximate surface area is 96.3 Å². The largest absolute Gasteiger partial charge is 0.478 e. The maximum absolute atomic E-state index is 13.1. The second kappa shape index (κ2) is 4.25. The van der Waals surface area contributed by atoms with Crippen LogP contribution in [0.3, 0.4) is 0 Å². The summed E-state index contributed by atoms with van der Waals surface area (Å²) in [5.74, 6) is -2.96. The topological polar surface area (TPSA) is 46.5 Å². The van der Waals surface area contributed by atoms with Crippen LogP contribution in [0.4, 0.5) is 8.78 Å². The lowest BCUT2D eigenvalue weighted by atomic mass is 9.78. The molecular weight excluding hydrogens is 230 g/mol. The maximum Gasteiger partial charge on any atom is 0.328 e. The van der Waals surface area contributed by atoms with Crippen molar-refractivity contribution in [2.75, 3.05) is 13.2 Å². The Morgan fingerprint density at radius 2 is 2.06 bits per heavy atom. The SMILES string of the molecule is O=C(O)/C=C/C1(c2ccc(F)c(F)c2)COC1. The van der Waals surface area contributed by atoms with E-state index in [0.717, 1.165) is 18.2 Å². The molecule has 1 aromatic carbocycles. The quantitative estimate of drug-likeness (QED) is 0.820. The summed E-state index contributed by atoms with van der Waals surface area (Å²) >= 11 is 0. The minimum Gasteiger partial charge on any atom is -0.478 e. The molecule has 0 saturated carbocycles. The molecule has 0 amide bonds. The van der Waals surface area contributed by atoms with Crippen molar-refractivity contribution in [1.29, 1.82) is 0 Å². The van der Waals surface area contributed by atoms with Crippen molar-refractivity contribution < 1.29 is 23.4 Å². The van der Waals surface area contributed by atoms with Crippen molar-refractivity contribution >= 4 is 5.97 Å². The van der Waals surface area contributed by atoms with E-state index < -0.39 is 23.0 Å². The van der Waals surface area contributed by atoms with Gasteiger partial charge in [0, 0.05) is 6.08 Å². The summed E-state index contributed by atoms with van der Waals surface area (Å²) in [7, 11) is 0. The van der Waals surface area contributed by atoms with Gasteiger partial charge >= 0.3 is 5.97 Å². The van der Waals surface area contributed by atoms with E-state index in [-0.39, 0.29) is 13.2 Å². The Balaban J connectivity index is 2.34. The van der Waals surface area contributed by atoms with Gasteiger partial charge in [-0.3, -0.25) is 0 Å². The zero-order valence-corrected chi connectivity index (χ0v) is 8.82. The molecule has 0 aromatic heterocycles. The zero-order chi connectivity index (χ0) is 12.5. The van der Waals surface area contributed by atoms with E-state index in [1.165, 1.54) is 12.1 Å². The molecule has 1 aliphatic rings. The normalized spacial score (nSPS) is 18.0. The fourth-order valence-corrected chi connectivity index (χ4v) is 1.72. The van der Waals surface area contributed by atoms with Crippen LogP contribution < -0.4 is 0 Å². The Morgan fingerprint density at radius 3 is 2.53 bits per heavy atom. The Kier molecular flexibility index (Phi) is 2.93. The molecule has 1 aliphatic heterocycles. The number of aliphatic carboxylic acids is 1. The monoisotopic (exact) mass is 240 g/mol. The molecule has 0 bridgehead atoms. The van der Waals surface area contributed by atoms with Crippen LogP contribution in [0.1, 0.15) is 5.56 Å². The number of carboxylic acid groups (broad SMARTS) is 1. The van der Waals surface area contributed by atoms with Gasteiger partial charge in [0.25, 0.3) is 0 Å². The molecule has 17 heavy (non-hydrogen) atoms. The van der Waals surface area contributed by atoms with Crippen LogP contribution in [0.5, 0.6) is 0 Å². The lowest BCUT2D eigenvalue weighted by Gasteiger charge is -2.39. The van der Waals surface area contributed by atoms with Crippen molar-refractivity contribution in [3.63, 3.8) is 0 Å². The first kappa shape index (κ1) is 11.7. The number of rotatable bonds is 3. The minimum atomic E-state index is -1.08. The molecule has 5 heteroatoms. The molecule has 1 fully saturated rings. The van der Waals surface area contributed by atoms with E-state index in [1.807, 2.05) is 0 Å². The molecule has 0 unspecified atom stereocenters. The Morgan fingerprint density at radius 1 is 1.35 bits per heavy atom. The molecule has 1 heterocycles. The molecule has 90 valence electrons. The van der Waals surface area contributed by atoms with Gasteiger partial charge in [0.15, 0.2) is 11.6 Å². The van der Waals surface area contributed by atoms with Gasteiger partial charge in [-0.05, 0) is 17.7 Å². The van der Waals surface area contributed by atoms with Gasteiger partial charge in [0.1, 0.15) is 0 Å². The van der Waals surface area contributed by atoms with E-state index in [9.17, 15) is 13.6 Å². The molecule has 1 saturated heterocycles. The van der Waals surface area contributed by atoms with E-state index in [2.05, 4.69) is 0 Å². The highest BCUT2D eigenvalue weighted by atomic mass is 19.2. The summed E-state index contributed by atoms with van der Waals surface area (Å²) in [5, 5.41) is 8.58. The maximum atomic E-state index is 13.1. The van der Waals surface area contributed by atoms with Crippen molar-refractivity contribution in [3.8, 4) is 0 Å². The fourth-order valence-electron chi connectivity index (χ4n) is 1.72. The van der Waals surface area contributed by atoms with E-state index in [4.69, 9.17) is 9.84 Å². The number of hydrogen-bond donors (Lipinski definition) is 1. The molecule has 3 nitrogen and oxygen atoms in total. The van der Waals surface area contributed by atoms with Gasteiger partial charge in [-0.25, -0.2) is 13.6 Å². The first-order valence-corrected chi connectivity index (χ1v) is 4.99. The van der Waals surface area contributed by atoms with Gasteiger partial charge in [-0.2, -0.15) is 0 Å². The number of halogens is 2. The highest BCUT2D eigenvalue weighted by molar-refractivity contribution is 5.80. The molecule has 0 radical (unpaired) electrons. The number of ether oxygens (including phenoxy) is 1. The number of benzene rings is 1. The zero-order valence-electron chi connectivity index (χ0n) is 8.82. The predicted octanol–water partition coefficient (Wildman–Crippen LogP) is 1.87. The summed E-state index contributed by atoms with van der Waals surface area (Å²) in [6.45, 7) is 0.531. The van der Waals surface area contributed by atoms with Crippen LogP contribution in [-0.2, 0) is 14.9 Å². The van der Waals surface area contributed by atoms with E-state index in [1.54, 1.807) is 0 Å². The fraction of sp³-hybridized carbons (Fsp3) is 0.250. The van der Waals surface area contributed by atoms with Crippen molar-refractivity contribution in [2.24, 2.45) is 0 Å². The van der Waals surface area contributed by atoms with Crippen LogP contribution in [0.2, 0.25) is 0 Å². The van der Waals surface area contributed by atoms with Crippen LogP contribution in [0, 0.1) is 11.6 Å². The van der Waals surface area contributed by atoms with Crippen molar-refractivity contribution in [1.82, 2.24) is 0 Å². The second-order valence-corrected chi connectivity index (χ2v) is 3.95. The molecule has 0 aliphatic carbocycles. The minimum absolute atomic E-state index is 0.266. The smallest absolute Gasteiger partial charge is 0.328 e.